The van der Waals surface area contributed by atoms with Crippen LogP contribution >= 0.6 is 0 Å². The number of para-hydroxylation sites is 1. The van der Waals surface area contributed by atoms with Gasteiger partial charge in [0.15, 0.2) is 0 Å². The maximum absolute atomic E-state index is 5.22. The summed E-state index contributed by atoms with van der Waals surface area (Å²) in [5.74, 6) is 0. The summed E-state index contributed by atoms with van der Waals surface area (Å²) < 4.78 is 4.49. The van der Waals surface area contributed by atoms with Crippen LogP contribution in [0.25, 0.3) is 66.6 Å². The van der Waals surface area contributed by atoms with Crippen molar-refractivity contribution in [3.05, 3.63) is 122 Å². The second-order valence-corrected chi connectivity index (χ2v) is 9.26. The van der Waals surface area contributed by atoms with Gasteiger partial charge in [-0.1, -0.05) is 30.3 Å². The Morgan fingerprint density at radius 3 is 1.58 bits per heavy atom. The predicted octanol–water partition coefficient (Wildman–Crippen LogP) is 7.13. The molecule has 6 heteroatoms. The second-order valence-electron chi connectivity index (χ2n) is 9.26. The van der Waals surface area contributed by atoms with Gasteiger partial charge in [0.05, 0.1) is 22.1 Å². The van der Waals surface area contributed by atoms with E-state index in [-0.39, 0.29) is 0 Å². The highest BCUT2D eigenvalue weighted by Crippen LogP contribution is 2.36. The molecule has 6 aromatic heterocycles. The van der Waals surface area contributed by atoms with Crippen molar-refractivity contribution in [2.45, 2.75) is 0 Å². The molecule has 0 aliphatic heterocycles. The van der Waals surface area contributed by atoms with Gasteiger partial charge < -0.3 is 9.13 Å². The molecule has 6 heterocycles. The lowest BCUT2D eigenvalue weighted by Crippen LogP contribution is -1.96. The molecule has 0 N–H and O–H groups in total. The fraction of sp³-hybridized carbons (Fsp3) is 0. The largest absolute Gasteiger partial charge is 0.306 e. The highest BCUT2D eigenvalue weighted by Gasteiger charge is 2.20. The Morgan fingerprint density at radius 2 is 0.974 bits per heavy atom. The molecule has 0 saturated heterocycles. The van der Waals surface area contributed by atoms with E-state index >= 15 is 0 Å². The van der Waals surface area contributed by atoms with Crippen LogP contribution in [0.4, 0.5) is 0 Å². The van der Waals surface area contributed by atoms with Crippen molar-refractivity contribution in [2.24, 2.45) is 0 Å². The summed E-state index contributed by atoms with van der Waals surface area (Å²) in [5, 5.41) is 0. The van der Waals surface area contributed by atoms with Crippen molar-refractivity contribution in [1.29, 1.82) is 0 Å². The molecule has 0 fully saturated rings. The lowest BCUT2D eigenvalue weighted by molar-refractivity contribution is 1.16. The van der Waals surface area contributed by atoms with Crippen LogP contribution in [-0.2, 0) is 0 Å². The van der Waals surface area contributed by atoms with Crippen LogP contribution in [0.3, 0.4) is 0 Å². The summed E-state index contributed by atoms with van der Waals surface area (Å²) in [6, 6.07) is 33.4. The summed E-state index contributed by atoms with van der Waals surface area (Å²) in [7, 11) is 0. The fourth-order valence-corrected chi connectivity index (χ4v) is 5.44. The van der Waals surface area contributed by atoms with Crippen LogP contribution in [0.15, 0.2) is 122 Å². The first-order valence-electron chi connectivity index (χ1n) is 12.5. The molecule has 0 atom stereocenters. The van der Waals surface area contributed by atoms with Gasteiger partial charge in [-0.15, -0.1) is 0 Å². The van der Waals surface area contributed by atoms with Crippen LogP contribution in [0.5, 0.6) is 0 Å². The van der Waals surface area contributed by atoms with E-state index in [9.17, 15) is 0 Å². The fourth-order valence-electron chi connectivity index (χ4n) is 5.44. The van der Waals surface area contributed by atoms with Crippen LogP contribution < -0.4 is 0 Å². The number of hydrogen-bond donors (Lipinski definition) is 0. The average Bonchev–Trinajstić information content (AvgIpc) is 3.49. The van der Waals surface area contributed by atoms with Gasteiger partial charge in [0.2, 0.25) is 0 Å². The first kappa shape index (κ1) is 20.8. The summed E-state index contributed by atoms with van der Waals surface area (Å²) in [5.41, 5.74) is 12.0. The maximum Gasteiger partial charge on any atom is 0.116 e. The third-order valence-corrected chi connectivity index (χ3v) is 7.12. The Balaban J connectivity index is 1.45. The summed E-state index contributed by atoms with van der Waals surface area (Å²) in [4.78, 5) is 18.8. The van der Waals surface area contributed by atoms with Crippen LogP contribution in [0.1, 0.15) is 0 Å². The Hall–Kier alpha value is -5.36. The molecule has 0 unspecified atom stereocenters. The van der Waals surface area contributed by atoms with Crippen LogP contribution in [0.2, 0.25) is 0 Å². The molecule has 8 rings (SSSR count). The van der Waals surface area contributed by atoms with Gasteiger partial charge in [-0.2, -0.15) is 0 Å². The molecule has 0 saturated carbocycles. The zero-order chi connectivity index (χ0) is 25.1. The molecule has 38 heavy (non-hydrogen) atoms. The van der Waals surface area contributed by atoms with E-state index in [0.29, 0.717) is 0 Å². The van der Waals surface area contributed by atoms with Crippen molar-refractivity contribution in [3.63, 3.8) is 0 Å². The molecule has 8 aromatic rings. The number of pyridine rings is 4. The van der Waals surface area contributed by atoms with E-state index in [1.807, 2.05) is 55.1 Å². The third-order valence-electron chi connectivity index (χ3n) is 7.12. The number of aromatic nitrogens is 6. The van der Waals surface area contributed by atoms with E-state index in [0.717, 1.165) is 66.6 Å². The van der Waals surface area contributed by atoms with Crippen molar-refractivity contribution in [1.82, 2.24) is 29.1 Å². The molecular formula is C32H20N6. The maximum atomic E-state index is 5.22. The number of rotatable bonds is 3. The van der Waals surface area contributed by atoms with Gasteiger partial charge in [-0.25, -0.2) is 4.98 Å². The van der Waals surface area contributed by atoms with Gasteiger partial charge in [-0.05, 0) is 77.9 Å². The van der Waals surface area contributed by atoms with Gasteiger partial charge >= 0.3 is 0 Å². The van der Waals surface area contributed by atoms with E-state index in [2.05, 4.69) is 80.8 Å². The minimum atomic E-state index is 0.865. The Morgan fingerprint density at radius 1 is 0.421 bits per heavy atom. The minimum absolute atomic E-state index is 0.865. The van der Waals surface area contributed by atoms with Gasteiger partial charge in [0, 0.05) is 36.2 Å². The summed E-state index contributed by atoms with van der Waals surface area (Å²) >= 11 is 0. The Bertz CT molecular complexity index is 2110. The molecule has 0 radical (unpaired) electrons. The molecule has 2 aromatic carbocycles. The zero-order valence-electron chi connectivity index (χ0n) is 20.2. The quantitative estimate of drug-likeness (QED) is 0.265. The molecular weight excluding hydrogens is 468 g/mol. The molecule has 6 nitrogen and oxygen atoms in total. The van der Waals surface area contributed by atoms with Gasteiger partial charge in [-0.3, -0.25) is 15.0 Å². The SMILES string of the molecule is c1ccc(-n2c3cccnc3c3nc4c5ncccc5n(-c5ccc(-c6ccncc6)cc5)c4cc32)cc1. The van der Waals surface area contributed by atoms with Crippen LogP contribution in [0, 0.1) is 0 Å². The molecule has 178 valence electrons. The van der Waals surface area contributed by atoms with E-state index in [1.54, 1.807) is 0 Å². The van der Waals surface area contributed by atoms with Crippen molar-refractivity contribution in [3.8, 4) is 22.5 Å². The van der Waals surface area contributed by atoms with E-state index < -0.39 is 0 Å². The normalized spacial score (nSPS) is 11.7. The first-order valence-corrected chi connectivity index (χ1v) is 12.5. The predicted molar refractivity (Wildman–Crippen MR) is 152 cm³/mol. The molecule has 0 amide bonds. The number of nitrogens with zero attached hydrogens (tertiary/aromatic N) is 6. The first-order chi connectivity index (χ1) is 18.9. The Kier molecular flexibility index (Phi) is 4.42. The van der Waals surface area contributed by atoms with E-state index in [1.165, 1.54) is 0 Å². The number of benzene rings is 2. The Labute approximate surface area is 217 Å². The van der Waals surface area contributed by atoms with Crippen molar-refractivity contribution in [2.75, 3.05) is 0 Å². The highest BCUT2D eigenvalue weighted by atomic mass is 15.1. The van der Waals surface area contributed by atoms with Gasteiger partial charge in [0.1, 0.15) is 22.1 Å². The van der Waals surface area contributed by atoms with Gasteiger partial charge in [0.25, 0.3) is 0 Å². The zero-order valence-corrected chi connectivity index (χ0v) is 20.2. The second kappa shape index (κ2) is 8.08. The van der Waals surface area contributed by atoms with Crippen molar-refractivity contribution >= 4 is 44.1 Å². The third kappa shape index (κ3) is 3.01. The van der Waals surface area contributed by atoms with Crippen LogP contribution in [-0.4, -0.2) is 29.1 Å². The highest BCUT2D eigenvalue weighted by molar-refractivity contribution is 6.13. The molecule has 0 bridgehead atoms. The summed E-state index contributed by atoms with van der Waals surface area (Å²) in [6.45, 7) is 0. The van der Waals surface area contributed by atoms with Crippen molar-refractivity contribution < 1.29 is 0 Å². The molecule has 0 aliphatic carbocycles. The molecule has 0 aliphatic rings. The molecule has 0 spiro atoms. The minimum Gasteiger partial charge on any atom is -0.306 e. The lowest BCUT2D eigenvalue weighted by Gasteiger charge is -2.10. The standard InChI is InChI=1S/C32H20N6/c1-2-6-23(7-3-1)37-25-8-4-16-34-29(25)31-27(37)20-28-32(36-31)30-26(9-5-17-35-30)38(28)24-12-10-21(11-13-24)22-14-18-33-19-15-22/h1-20H. The number of fused-ring (bicyclic) bond motifs is 6. The van der Waals surface area contributed by atoms with E-state index in [4.69, 9.17) is 15.0 Å². The average molecular weight is 489 g/mol. The monoisotopic (exact) mass is 488 g/mol. The topological polar surface area (TPSA) is 61.4 Å². The lowest BCUT2D eigenvalue weighted by atomic mass is 10.1. The number of hydrogen-bond acceptors (Lipinski definition) is 4. The smallest absolute Gasteiger partial charge is 0.116 e. The summed E-state index contributed by atoms with van der Waals surface area (Å²) in [6.07, 6.45) is 7.30.